The summed E-state index contributed by atoms with van der Waals surface area (Å²) < 4.78 is 6.13. The SMILES string of the molecule is CC(C)N(C)C[C@@H]1CN(c2ccc3nc(-c4n[nH]c5cc(Cl)ccc45)[nH]c3c2)[C@@H](C)CO1. The molecule has 0 spiro atoms. The standard InChI is InChI=1S/C24H29ClN6O/c1-14(2)30(4)11-18-12-31(15(3)13-32-18)17-6-8-20-22(10-17)27-24(26-20)23-19-7-5-16(25)9-21(19)28-29-23/h5-10,14-15,18H,11-13H2,1-4H3,(H,26,27)(H,28,29)/t15-,18+/m0/s1. The van der Waals surface area contributed by atoms with Gasteiger partial charge in [0, 0.05) is 41.3 Å². The van der Waals surface area contributed by atoms with E-state index in [-0.39, 0.29) is 6.10 Å². The third-order valence-electron chi connectivity index (χ3n) is 6.42. The molecule has 4 aromatic rings. The Morgan fingerprint density at radius 1 is 1.22 bits per heavy atom. The number of hydrogen-bond donors (Lipinski definition) is 2. The van der Waals surface area contributed by atoms with Crippen LogP contribution in [0, 0.1) is 0 Å². The number of H-pyrrole nitrogens is 2. The number of halogens is 1. The number of morpholine rings is 1. The lowest BCUT2D eigenvalue weighted by molar-refractivity contribution is 0.000769. The topological polar surface area (TPSA) is 73.1 Å². The third-order valence-corrected chi connectivity index (χ3v) is 6.66. The van der Waals surface area contributed by atoms with Gasteiger partial charge in [-0.25, -0.2) is 4.98 Å². The Kier molecular flexibility index (Phi) is 5.57. The molecule has 2 aromatic heterocycles. The molecule has 2 aromatic carbocycles. The summed E-state index contributed by atoms with van der Waals surface area (Å²) >= 11 is 6.11. The molecular formula is C24H29ClN6O. The largest absolute Gasteiger partial charge is 0.373 e. The summed E-state index contributed by atoms with van der Waals surface area (Å²) in [5.74, 6) is 0.747. The van der Waals surface area contributed by atoms with Crippen LogP contribution in [0.1, 0.15) is 20.8 Å². The van der Waals surface area contributed by atoms with E-state index in [1.165, 1.54) is 5.69 Å². The molecule has 0 aliphatic carbocycles. The molecule has 0 radical (unpaired) electrons. The zero-order valence-electron chi connectivity index (χ0n) is 18.9. The summed E-state index contributed by atoms with van der Waals surface area (Å²) in [7, 11) is 2.15. The maximum atomic E-state index is 6.13. The zero-order valence-corrected chi connectivity index (χ0v) is 19.6. The predicted molar refractivity (Wildman–Crippen MR) is 131 cm³/mol. The summed E-state index contributed by atoms with van der Waals surface area (Å²) in [5.41, 5.74) is 4.79. The Hall–Kier alpha value is -2.61. The van der Waals surface area contributed by atoms with E-state index >= 15 is 0 Å². The number of nitrogens with one attached hydrogen (secondary N) is 2. The van der Waals surface area contributed by atoms with Crippen molar-refractivity contribution in [2.24, 2.45) is 0 Å². The van der Waals surface area contributed by atoms with E-state index in [9.17, 15) is 0 Å². The zero-order chi connectivity index (χ0) is 22.4. The molecule has 2 atom stereocenters. The van der Waals surface area contributed by atoms with Crippen molar-refractivity contribution in [2.45, 2.75) is 39.0 Å². The molecule has 0 unspecified atom stereocenters. The van der Waals surface area contributed by atoms with Crippen LogP contribution in [0.25, 0.3) is 33.5 Å². The van der Waals surface area contributed by atoms with Crippen molar-refractivity contribution in [3.05, 3.63) is 41.4 Å². The van der Waals surface area contributed by atoms with E-state index in [4.69, 9.17) is 21.3 Å². The monoisotopic (exact) mass is 452 g/mol. The van der Waals surface area contributed by atoms with Crippen LogP contribution >= 0.6 is 11.6 Å². The van der Waals surface area contributed by atoms with Gasteiger partial charge in [-0.1, -0.05) is 11.6 Å². The molecule has 8 heteroatoms. The van der Waals surface area contributed by atoms with Crippen LogP contribution in [0.4, 0.5) is 5.69 Å². The number of aromatic nitrogens is 4. The molecule has 0 amide bonds. The van der Waals surface area contributed by atoms with E-state index in [1.54, 1.807) is 0 Å². The van der Waals surface area contributed by atoms with Crippen LogP contribution in [0.3, 0.4) is 0 Å². The molecule has 1 aliphatic rings. The lowest BCUT2D eigenvalue weighted by Gasteiger charge is -2.41. The van der Waals surface area contributed by atoms with E-state index in [1.807, 2.05) is 18.2 Å². The highest BCUT2D eigenvalue weighted by molar-refractivity contribution is 6.31. The van der Waals surface area contributed by atoms with Crippen molar-refractivity contribution < 1.29 is 4.74 Å². The summed E-state index contributed by atoms with van der Waals surface area (Å²) in [5, 5.41) is 9.19. The second-order valence-electron chi connectivity index (χ2n) is 9.04. The minimum atomic E-state index is 0.189. The van der Waals surface area contributed by atoms with Gasteiger partial charge < -0.3 is 19.5 Å². The van der Waals surface area contributed by atoms with E-state index < -0.39 is 0 Å². The normalized spacial score (nSPS) is 19.7. The average Bonchev–Trinajstić information content (AvgIpc) is 3.37. The van der Waals surface area contributed by atoms with Crippen molar-refractivity contribution in [3.8, 4) is 11.5 Å². The van der Waals surface area contributed by atoms with Gasteiger partial charge in [-0.15, -0.1) is 0 Å². The summed E-state index contributed by atoms with van der Waals surface area (Å²) in [6.45, 7) is 9.16. The summed E-state index contributed by atoms with van der Waals surface area (Å²) in [4.78, 5) is 13.0. The van der Waals surface area contributed by atoms with Crippen LogP contribution < -0.4 is 4.90 Å². The van der Waals surface area contributed by atoms with E-state index in [0.717, 1.165) is 53.2 Å². The van der Waals surface area contributed by atoms with Crippen molar-refractivity contribution in [3.63, 3.8) is 0 Å². The number of imidazole rings is 1. The number of benzene rings is 2. The Bertz CT molecular complexity index is 1250. The highest BCUT2D eigenvalue weighted by Gasteiger charge is 2.28. The first kappa shape index (κ1) is 21.2. The van der Waals surface area contributed by atoms with Crippen molar-refractivity contribution in [2.75, 3.05) is 31.6 Å². The molecule has 5 rings (SSSR count). The van der Waals surface area contributed by atoms with Crippen molar-refractivity contribution in [1.82, 2.24) is 25.1 Å². The average molecular weight is 453 g/mol. The van der Waals surface area contributed by atoms with Gasteiger partial charge in [0.1, 0.15) is 5.69 Å². The first-order valence-corrected chi connectivity index (χ1v) is 11.5. The lowest BCUT2D eigenvalue weighted by Crippen LogP contribution is -2.52. The smallest absolute Gasteiger partial charge is 0.159 e. The molecule has 3 heterocycles. The lowest BCUT2D eigenvalue weighted by atomic mass is 10.1. The van der Waals surface area contributed by atoms with Crippen LogP contribution in [-0.4, -0.2) is 70.0 Å². The maximum absolute atomic E-state index is 6.13. The molecule has 0 bridgehead atoms. The summed E-state index contributed by atoms with van der Waals surface area (Å²) in [6.07, 6.45) is 0.189. The molecule has 1 saturated heterocycles. The number of rotatable bonds is 5. The minimum Gasteiger partial charge on any atom is -0.373 e. The van der Waals surface area contributed by atoms with Gasteiger partial charge in [0.25, 0.3) is 0 Å². The minimum absolute atomic E-state index is 0.189. The van der Waals surface area contributed by atoms with Gasteiger partial charge in [-0.3, -0.25) is 5.10 Å². The Balaban J connectivity index is 1.43. The van der Waals surface area contributed by atoms with Crippen LogP contribution in [-0.2, 0) is 4.74 Å². The second kappa shape index (κ2) is 8.39. The van der Waals surface area contributed by atoms with Crippen molar-refractivity contribution in [1.29, 1.82) is 0 Å². The molecule has 168 valence electrons. The molecule has 32 heavy (non-hydrogen) atoms. The van der Waals surface area contributed by atoms with Gasteiger partial charge in [0.2, 0.25) is 0 Å². The second-order valence-corrected chi connectivity index (χ2v) is 9.48. The molecule has 1 fully saturated rings. The number of aromatic amines is 2. The van der Waals surface area contributed by atoms with Crippen LogP contribution in [0.5, 0.6) is 0 Å². The molecular weight excluding hydrogens is 424 g/mol. The fraction of sp³-hybridized carbons (Fsp3) is 0.417. The Labute approximate surface area is 192 Å². The number of anilines is 1. The number of fused-ring (bicyclic) bond motifs is 2. The van der Waals surface area contributed by atoms with E-state index in [2.05, 4.69) is 71.0 Å². The first-order valence-electron chi connectivity index (χ1n) is 11.1. The summed E-state index contributed by atoms with van der Waals surface area (Å²) in [6, 6.07) is 12.9. The predicted octanol–water partition coefficient (Wildman–Crippen LogP) is 4.69. The fourth-order valence-corrected chi connectivity index (χ4v) is 4.45. The number of nitrogens with zero attached hydrogens (tertiary/aromatic N) is 4. The molecule has 1 aliphatic heterocycles. The van der Waals surface area contributed by atoms with Gasteiger partial charge in [-0.2, -0.15) is 5.10 Å². The van der Waals surface area contributed by atoms with Crippen LogP contribution in [0.15, 0.2) is 36.4 Å². The number of hydrogen-bond acceptors (Lipinski definition) is 5. The maximum Gasteiger partial charge on any atom is 0.159 e. The Morgan fingerprint density at radius 3 is 2.88 bits per heavy atom. The highest BCUT2D eigenvalue weighted by atomic mass is 35.5. The molecule has 7 nitrogen and oxygen atoms in total. The van der Waals surface area contributed by atoms with E-state index in [0.29, 0.717) is 17.1 Å². The molecule has 0 saturated carbocycles. The van der Waals surface area contributed by atoms with Gasteiger partial charge in [-0.05, 0) is 64.2 Å². The highest BCUT2D eigenvalue weighted by Crippen LogP contribution is 2.30. The third kappa shape index (κ3) is 3.96. The van der Waals surface area contributed by atoms with Crippen molar-refractivity contribution >= 4 is 39.2 Å². The quantitative estimate of drug-likeness (QED) is 0.459. The van der Waals surface area contributed by atoms with Crippen LogP contribution in [0.2, 0.25) is 5.02 Å². The Morgan fingerprint density at radius 2 is 2.06 bits per heavy atom. The number of ether oxygens (including phenoxy) is 1. The fourth-order valence-electron chi connectivity index (χ4n) is 4.28. The first-order chi connectivity index (χ1) is 15.4. The molecule has 2 N–H and O–H groups in total. The van der Waals surface area contributed by atoms with Gasteiger partial charge in [0.15, 0.2) is 5.82 Å². The van der Waals surface area contributed by atoms with Gasteiger partial charge in [0.05, 0.1) is 29.3 Å². The number of likely N-dealkylation sites (N-methyl/N-ethyl adjacent to an activating group) is 1. The van der Waals surface area contributed by atoms with Gasteiger partial charge >= 0.3 is 0 Å².